The summed E-state index contributed by atoms with van der Waals surface area (Å²) in [5, 5.41) is 3.13. The van der Waals surface area contributed by atoms with E-state index < -0.39 is 0 Å². The summed E-state index contributed by atoms with van der Waals surface area (Å²) in [6.07, 6.45) is 5.62. The molecule has 10 heavy (non-hydrogen) atoms. The Bertz CT molecular complexity index is 99.8. The number of nitrogens with one attached hydrogen (secondary N) is 1. The smallest absolute Gasteiger partial charge is 0.146 e. The van der Waals surface area contributed by atoms with Gasteiger partial charge in [0.15, 0.2) is 0 Å². The van der Waals surface area contributed by atoms with Crippen molar-refractivity contribution in [1.82, 2.24) is 5.32 Å². The van der Waals surface area contributed by atoms with Gasteiger partial charge in [0.2, 0.25) is 0 Å². The number of carbonyl (C=O) groups excluding carboxylic acids is 1. The summed E-state index contributed by atoms with van der Waals surface area (Å²) in [4.78, 5) is 10.9. The molecule has 1 heterocycles. The minimum Gasteiger partial charge on any atom is -0.310 e. The highest BCUT2D eigenvalue weighted by atomic mass is 16.1. The fraction of sp³-hybridized carbons (Fsp3) is 0.875. The van der Waals surface area contributed by atoms with Gasteiger partial charge in [-0.15, -0.1) is 0 Å². The van der Waals surface area contributed by atoms with Gasteiger partial charge in [-0.1, -0.05) is 12.8 Å². The predicted molar refractivity (Wildman–Crippen MR) is 41.0 cm³/mol. The molecule has 0 unspecified atom stereocenters. The van der Waals surface area contributed by atoms with E-state index in [9.17, 15) is 4.79 Å². The van der Waals surface area contributed by atoms with Crippen molar-refractivity contribution < 1.29 is 4.79 Å². The zero-order chi connectivity index (χ0) is 7.23. The molecule has 2 heteroatoms. The van der Waals surface area contributed by atoms with Gasteiger partial charge in [-0.05, 0) is 19.4 Å². The molecule has 0 spiro atoms. The average Bonchev–Trinajstić information content (AvgIpc) is 2.02. The van der Waals surface area contributed by atoms with E-state index in [1.165, 1.54) is 19.3 Å². The van der Waals surface area contributed by atoms with E-state index in [4.69, 9.17) is 0 Å². The van der Waals surface area contributed by atoms with E-state index in [0.717, 1.165) is 19.4 Å². The molecule has 0 aromatic heterocycles. The molecule has 1 aliphatic rings. The van der Waals surface area contributed by atoms with Crippen LogP contribution in [0, 0.1) is 0 Å². The molecule has 2 nitrogen and oxygen atoms in total. The van der Waals surface area contributed by atoms with Crippen molar-refractivity contribution >= 4 is 5.78 Å². The van der Waals surface area contributed by atoms with Gasteiger partial charge in [-0.3, -0.25) is 4.79 Å². The molecular formula is C8H15NO. The first-order chi connectivity index (χ1) is 4.89. The highest BCUT2D eigenvalue weighted by Gasteiger charge is 2.02. The van der Waals surface area contributed by atoms with E-state index in [-0.39, 0.29) is 0 Å². The minimum atomic E-state index is 0.377. The maximum Gasteiger partial charge on any atom is 0.146 e. The summed E-state index contributed by atoms with van der Waals surface area (Å²) in [5.41, 5.74) is 0. The minimum absolute atomic E-state index is 0.377. The molecule has 1 fully saturated rings. The molecule has 58 valence electrons. The number of hydrogen-bond acceptors (Lipinski definition) is 2. The molecule has 0 bridgehead atoms. The van der Waals surface area contributed by atoms with Crippen LogP contribution in [0.25, 0.3) is 0 Å². The zero-order valence-corrected chi connectivity index (χ0v) is 6.36. The molecule has 1 rings (SSSR count). The lowest BCUT2D eigenvalue weighted by molar-refractivity contribution is -0.118. The Morgan fingerprint density at radius 2 is 1.90 bits per heavy atom. The first-order valence-electron chi connectivity index (χ1n) is 4.12. The van der Waals surface area contributed by atoms with Crippen LogP contribution in [0.3, 0.4) is 0 Å². The van der Waals surface area contributed by atoms with Crippen molar-refractivity contribution in [2.75, 3.05) is 13.1 Å². The molecule has 0 saturated carbocycles. The topological polar surface area (TPSA) is 29.1 Å². The summed E-state index contributed by atoms with van der Waals surface area (Å²) < 4.78 is 0. The third-order valence-corrected chi connectivity index (χ3v) is 1.88. The Kier molecular flexibility index (Phi) is 3.44. The third kappa shape index (κ3) is 2.97. The number of rotatable bonds is 0. The Morgan fingerprint density at radius 1 is 1.10 bits per heavy atom. The molecule has 1 N–H and O–H groups in total. The lowest BCUT2D eigenvalue weighted by atomic mass is 10.1. The number of ketones is 1. The van der Waals surface area contributed by atoms with Crippen molar-refractivity contribution in [1.29, 1.82) is 0 Å². The van der Waals surface area contributed by atoms with Crippen LogP contribution in [0.5, 0.6) is 0 Å². The van der Waals surface area contributed by atoms with Gasteiger partial charge in [0, 0.05) is 6.42 Å². The molecule has 0 atom stereocenters. The Hall–Kier alpha value is -0.370. The van der Waals surface area contributed by atoms with Gasteiger partial charge in [0.05, 0.1) is 6.54 Å². The SMILES string of the molecule is O=C1CCCCCCNC1. The van der Waals surface area contributed by atoms with E-state index in [1.807, 2.05) is 0 Å². The molecule has 1 aliphatic heterocycles. The van der Waals surface area contributed by atoms with Crippen LogP contribution in [-0.4, -0.2) is 18.9 Å². The van der Waals surface area contributed by atoms with Crippen LogP contribution in [0.1, 0.15) is 32.1 Å². The second kappa shape index (κ2) is 4.45. The standard InChI is InChI=1S/C8H15NO/c10-8-5-3-1-2-4-6-9-7-8/h9H,1-7H2. The van der Waals surface area contributed by atoms with E-state index in [2.05, 4.69) is 5.32 Å². The summed E-state index contributed by atoms with van der Waals surface area (Å²) in [7, 11) is 0. The van der Waals surface area contributed by atoms with Gasteiger partial charge in [0.25, 0.3) is 0 Å². The van der Waals surface area contributed by atoms with Crippen molar-refractivity contribution in [3.8, 4) is 0 Å². The Morgan fingerprint density at radius 3 is 2.80 bits per heavy atom. The van der Waals surface area contributed by atoms with Gasteiger partial charge in [-0.25, -0.2) is 0 Å². The fourth-order valence-electron chi connectivity index (χ4n) is 1.24. The van der Waals surface area contributed by atoms with Gasteiger partial charge in [-0.2, -0.15) is 0 Å². The van der Waals surface area contributed by atoms with Gasteiger partial charge < -0.3 is 5.32 Å². The van der Waals surface area contributed by atoms with Crippen LogP contribution >= 0.6 is 0 Å². The summed E-state index contributed by atoms with van der Waals surface area (Å²) in [5.74, 6) is 0.377. The summed E-state index contributed by atoms with van der Waals surface area (Å²) in [6.45, 7) is 1.62. The first kappa shape index (κ1) is 7.73. The van der Waals surface area contributed by atoms with E-state index in [0.29, 0.717) is 12.3 Å². The fourth-order valence-corrected chi connectivity index (χ4v) is 1.24. The van der Waals surface area contributed by atoms with Crippen molar-refractivity contribution in [3.63, 3.8) is 0 Å². The lowest BCUT2D eigenvalue weighted by Gasteiger charge is -1.97. The summed E-state index contributed by atoms with van der Waals surface area (Å²) >= 11 is 0. The second-order valence-corrected chi connectivity index (χ2v) is 2.88. The normalized spacial score (nSPS) is 23.0. The first-order valence-corrected chi connectivity index (χ1v) is 4.12. The van der Waals surface area contributed by atoms with E-state index in [1.54, 1.807) is 0 Å². The van der Waals surface area contributed by atoms with Crippen LogP contribution in [0.2, 0.25) is 0 Å². The van der Waals surface area contributed by atoms with Crippen molar-refractivity contribution in [3.05, 3.63) is 0 Å². The predicted octanol–water partition coefficient (Wildman–Crippen LogP) is 1.11. The highest BCUT2D eigenvalue weighted by Crippen LogP contribution is 2.04. The monoisotopic (exact) mass is 141 g/mol. The van der Waals surface area contributed by atoms with Gasteiger partial charge in [0.1, 0.15) is 5.78 Å². The lowest BCUT2D eigenvalue weighted by Crippen LogP contribution is -2.22. The Labute approximate surface area is 62.0 Å². The van der Waals surface area contributed by atoms with Crippen molar-refractivity contribution in [2.45, 2.75) is 32.1 Å². The molecule has 0 aliphatic carbocycles. The number of Topliss-reactive ketones (excluding diaryl/α,β-unsaturated/α-hetero) is 1. The maximum atomic E-state index is 10.9. The number of carbonyl (C=O) groups is 1. The molecular weight excluding hydrogens is 126 g/mol. The van der Waals surface area contributed by atoms with Crippen LogP contribution in [0.15, 0.2) is 0 Å². The largest absolute Gasteiger partial charge is 0.310 e. The quantitative estimate of drug-likeness (QED) is 0.547. The van der Waals surface area contributed by atoms with Crippen LogP contribution < -0.4 is 5.32 Å². The van der Waals surface area contributed by atoms with Gasteiger partial charge >= 0.3 is 0 Å². The third-order valence-electron chi connectivity index (χ3n) is 1.88. The molecule has 0 radical (unpaired) electrons. The number of hydrogen-bond donors (Lipinski definition) is 1. The van der Waals surface area contributed by atoms with Crippen molar-refractivity contribution in [2.24, 2.45) is 0 Å². The Balaban J connectivity index is 2.21. The maximum absolute atomic E-state index is 10.9. The summed E-state index contributed by atoms with van der Waals surface area (Å²) in [6, 6.07) is 0. The van der Waals surface area contributed by atoms with Crippen LogP contribution in [-0.2, 0) is 4.79 Å². The zero-order valence-electron chi connectivity index (χ0n) is 6.36. The molecule has 0 amide bonds. The molecule has 1 saturated heterocycles. The van der Waals surface area contributed by atoms with Crippen LogP contribution in [0.4, 0.5) is 0 Å². The highest BCUT2D eigenvalue weighted by molar-refractivity contribution is 5.80. The average molecular weight is 141 g/mol. The molecule has 0 aromatic rings. The van der Waals surface area contributed by atoms with E-state index >= 15 is 0 Å². The second-order valence-electron chi connectivity index (χ2n) is 2.88. The molecule has 0 aromatic carbocycles.